The molecular weight excluding hydrogens is 262 g/mol. The topological polar surface area (TPSA) is 89.6 Å². The SMILES string of the molecule is CCCc1nnc(-n2c(=O)[nH]c3ccc(N)cc32)s1. The van der Waals surface area contributed by atoms with Crippen molar-refractivity contribution in [3.8, 4) is 5.13 Å². The number of nitrogen functional groups attached to an aromatic ring is 1. The highest BCUT2D eigenvalue weighted by atomic mass is 32.1. The van der Waals surface area contributed by atoms with Crippen LogP contribution in [-0.2, 0) is 6.42 Å². The second-order valence-electron chi connectivity index (χ2n) is 4.27. The average molecular weight is 275 g/mol. The number of imidazole rings is 1. The third kappa shape index (κ3) is 2.01. The van der Waals surface area contributed by atoms with Crippen LogP contribution in [0, 0.1) is 0 Å². The van der Waals surface area contributed by atoms with E-state index in [4.69, 9.17) is 5.73 Å². The normalized spacial score (nSPS) is 11.2. The lowest BCUT2D eigenvalue weighted by Crippen LogP contribution is -2.14. The fourth-order valence-corrected chi connectivity index (χ4v) is 2.91. The highest BCUT2D eigenvalue weighted by molar-refractivity contribution is 7.13. The van der Waals surface area contributed by atoms with Gasteiger partial charge in [0, 0.05) is 12.1 Å². The number of nitrogens with one attached hydrogen (secondary N) is 1. The standard InChI is InChI=1S/C12H13N5OS/c1-2-3-10-15-16-12(19-10)17-9-6-7(13)4-5-8(9)14-11(17)18/h4-6H,2-3,13H2,1H3,(H,14,18). The van der Waals surface area contributed by atoms with Gasteiger partial charge in [0.25, 0.3) is 0 Å². The van der Waals surface area contributed by atoms with Crippen molar-refractivity contribution in [1.29, 1.82) is 0 Å². The minimum atomic E-state index is -0.222. The summed E-state index contributed by atoms with van der Waals surface area (Å²) in [5.74, 6) is 0. The molecule has 2 heterocycles. The van der Waals surface area contributed by atoms with Crippen molar-refractivity contribution in [3.05, 3.63) is 33.7 Å². The molecule has 0 unspecified atom stereocenters. The zero-order chi connectivity index (χ0) is 13.4. The van der Waals surface area contributed by atoms with Gasteiger partial charge in [0.1, 0.15) is 5.01 Å². The molecule has 2 aromatic heterocycles. The third-order valence-electron chi connectivity index (χ3n) is 2.82. The average Bonchev–Trinajstić information content (AvgIpc) is 2.93. The Hall–Kier alpha value is -2.15. The van der Waals surface area contributed by atoms with Gasteiger partial charge in [-0.15, -0.1) is 10.2 Å². The van der Waals surface area contributed by atoms with Gasteiger partial charge in [0.05, 0.1) is 11.0 Å². The first-order chi connectivity index (χ1) is 9.19. The molecule has 0 amide bonds. The van der Waals surface area contributed by atoms with Crippen LogP contribution in [0.4, 0.5) is 5.69 Å². The van der Waals surface area contributed by atoms with Crippen LogP contribution < -0.4 is 11.4 Å². The molecule has 3 rings (SSSR count). The fraction of sp³-hybridized carbons (Fsp3) is 0.250. The van der Waals surface area contributed by atoms with E-state index in [1.165, 1.54) is 15.9 Å². The molecule has 1 aromatic carbocycles. The van der Waals surface area contributed by atoms with Crippen LogP contribution in [-0.4, -0.2) is 19.7 Å². The number of anilines is 1. The molecule has 0 radical (unpaired) electrons. The Balaban J connectivity index is 2.20. The van der Waals surface area contributed by atoms with Crippen molar-refractivity contribution in [1.82, 2.24) is 19.7 Å². The molecule has 3 N–H and O–H groups in total. The van der Waals surface area contributed by atoms with Crippen molar-refractivity contribution >= 4 is 28.1 Å². The number of aromatic amines is 1. The maximum atomic E-state index is 12.0. The molecule has 0 fully saturated rings. The Bertz CT molecular complexity index is 785. The van der Waals surface area contributed by atoms with E-state index in [1.807, 2.05) is 0 Å². The highest BCUT2D eigenvalue weighted by Gasteiger charge is 2.13. The van der Waals surface area contributed by atoms with Crippen molar-refractivity contribution in [3.63, 3.8) is 0 Å². The van der Waals surface area contributed by atoms with E-state index >= 15 is 0 Å². The summed E-state index contributed by atoms with van der Waals surface area (Å²) in [6.45, 7) is 2.08. The number of aryl methyl sites for hydroxylation is 1. The maximum absolute atomic E-state index is 12.0. The Morgan fingerprint density at radius 3 is 3.05 bits per heavy atom. The van der Waals surface area contributed by atoms with E-state index < -0.39 is 0 Å². The summed E-state index contributed by atoms with van der Waals surface area (Å²) in [6.07, 6.45) is 1.88. The summed E-state index contributed by atoms with van der Waals surface area (Å²) < 4.78 is 1.52. The molecule has 0 spiro atoms. The van der Waals surface area contributed by atoms with Crippen LogP contribution in [0.25, 0.3) is 16.2 Å². The van der Waals surface area contributed by atoms with E-state index in [9.17, 15) is 4.79 Å². The van der Waals surface area contributed by atoms with E-state index in [-0.39, 0.29) is 5.69 Å². The van der Waals surface area contributed by atoms with Gasteiger partial charge in [-0.3, -0.25) is 0 Å². The van der Waals surface area contributed by atoms with Gasteiger partial charge < -0.3 is 10.7 Å². The van der Waals surface area contributed by atoms with Crippen molar-refractivity contribution < 1.29 is 0 Å². The van der Waals surface area contributed by atoms with Crippen molar-refractivity contribution in [2.45, 2.75) is 19.8 Å². The first-order valence-corrected chi connectivity index (χ1v) is 6.83. The van der Waals surface area contributed by atoms with Crippen LogP contribution >= 0.6 is 11.3 Å². The number of aromatic nitrogens is 4. The summed E-state index contributed by atoms with van der Waals surface area (Å²) >= 11 is 1.43. The predicted octanol–water partition coefficient (Wildman–Crippen LogP) is 1.70. The molecule has 7 heteroatoms. The van der Waals surface area contributed by atoms with Crippen molar-refractivity contribution in [2.75, 3.05) is 5.73 Å². The van der Waals surface area contributed by atoms with Crippen LogP contribution in [0.5, 0.6) is 0 Å². The number of nitrogens with zero attached hydrogens (tertiary/aromatic N) is 3. The van der Waals surface area contributed by atoms with Gasteiger partial charge in [-0.2, -0.15) is 0 Å². The summed E-state index contributed by atoms with van der Waals surface area (Å²) in [7, 11) is 0. The second kappa shape index (κ2) is 4.51. The molecule has 0 aliphatic carbocycles. The lowest BCUT2D eigenvalue weighted by atomic mass is 10.3. The number of rotatable bonds is 3. The molecule has 98 valence electrons. The smallest absolute Gasteiger partial charge is 0.332 e. The number of hydrogen-bond acceptors (Lipinski definition) is 5. The molecule has 0 saturated heterocycles. The highest BCUT2D eigenvalue weighted by Crippen LogP contribution is 2.21. The second-order valence-corrected chi connectivity index (χ2v) is 5.31. The predicted molar refractivity (Wildman–Crippen MR) is 75.8 cm³/mol. The zero-order valence-electron chi connectivity index (χ0n) is 10.4. The minimum Gasteiger partial charge on any atom is -0.399 e. The molecule has 0 bridgehead atoms. The first-order valence-electron chi connectivity index (χ1n) is 6.02. The molecule has 3 aromatic rings. The van der Waals surface area contributed by atoms with Gasteiger partial charge >= 0.3 is 5.69 Å². The number of H-pyrrole nitrogens is 1. The Morgan fingerprint density at radius 1 is 1.42 bits per heavy atom. The molecule has 19 heavy (non-hydrogen) atoms. The van der Waals surface area contributed by atoms with Crippen LogP contribution in [0.15, 0.2) is 23.0 Å². The van der Waals surface area contributed by atoms with Gasteiger partial charge in [0.15, 0.2) is 0 Å². The summed E-state index contributed by atoms with van der Waals surface area (Å²) in [5, 5.41) is 9.69. The van der Waals surface area contributed by atoms with Gasteiger partial charge in [-0.1, -0.05) is 18.3 Å². The van der Waals surface area contributed by atoms with Gasteiger partial charge in [-0.25, -0.2) is 9.36 Å². The largest absolute Gasteiger partial charge is 0.399 e. The Morgan fingerprint density at radius 2 is 2.26 bits per heavy atom. The minimum absolute atomic E-state index is 0.222. The van der Waals surface area contributed by atoms with Crippen molar-refractivity contribution in [2.24, 2.45) is 0 Å². The molecule has 0 saturated carbocycles. The zero-order valence-corrected chi connectivity index (χ0v) is 11.2. The summed E-state index contributed by atoms with van der Waals surface area (Å²) in [5.41, 5.74) is 7.63. The Labute approximate surface area is 112 Å². The molecule has 6 nitrogen and oxygen atoms in total. The number of fused-ring (bicyclic) bond motifs is 1. The van der Waals surface area contributed by atoms with Gasteiger partial charge in [-0.05, 0) is 24.6 Å². The Kier molecular flexibility index (Phi) is 2.83. The molecular formula is C12H13N5OS. The lowest BCUT2D eigenvalue weighted by Gasteiger charge is -1.97. The number of nitrogens with two attached hydrogens (primary N) is 1. The van der Waals surface area contributed by atoms with E-state index in [2.05, 4.69) is 22.1 Å². The summed E-state index contributed by atoms with van der Waals surface area (Å²) in [6, 6.07) is 5.30. The van der Waals surface area contributed by atoms with Crippen LogP contribution in [0.1, 0.15) is 18.4 Å². The molecule has 0 aliphatic heterocycles. The van der Waals surface area contributed by atoms with E-state index in [0.29, 0.717) is 10.8 Å². The van der Waals surface area contributed by atoms with Crippen LogP contribution in [0.3, 0.4) is 0 Å². The summed E-state index contributed by atoms with van der Waals surface area (Å²) in [4.78, 5) is 14.8. The van der Waals surface area contributed by atoms with Crippen LogP contribution in [0.2, 0.25) is 0 Å². The number of benzene rings is 1. The fourth-order valence-electron chi connectivity index (χ4n) is 1.96. The number of hydrogen-bond donors (Lipinski definition) is 2. The van der Waals surface area contributed by atoms with E-state index in [0.717, 1.165) is 28.9 Å². The van der Waals surface area contributed by atoms with Gasteiger partial charge in [0.2, 0.25) is 5.13 Å². The first kappa shape index (κ1) is 11.9. The van der Waals surface area contributed by atoms with E-state index in [1.54, 1.807) is 18.2 Å². The molecule has 0 aliphatic rings. The lowest BCUT2D eigenvalue weighted by molar-refractivity contribution is 0.866. The maximum Gasteiger partial charge on any atom is 0.332 e. The third-order valence-corrected chi connectivity index (χ3v) is 3.79. The molecule has 0 atom stereocenters. The quantitative estimate of drug-likeness (QED) is 0.712. The monoisotopic (exact) mass is 275 g/mol.